The van der Waals surface area contributed by atoms with E-state index in [1.807, 2.05) is 18.3 Å². The molecule has 54 heavy (non-hydrogen) atoms. The first kappa shape index (κ1) is 34.0. The van der Waals surface area contributed by atoms with Crippen molar-refractivity contribution in [1.82, 2.24) is 24.1 Å². The Bertz CT molecular complexity index is 3000. The van der Waals surface area contributed by atoms with Crippen LogP contribution in [-0.2, 0) is 21.1 Å². The second-order valence-corrected chi connectivity index (χ2v) is 14.6. The van der Waals surface area contributed by atoms with Crippen LogP contribution in [0.15, 0.2) is 140 Å². The second-order valence-electron chi connectivity index (χ2n) is 14.6. The average Bonchev–Trinajstić information content (AvgIpc) is 3.87. The Balaban J connectivity index is 0.00000384. The molecule has 0 spiro atoms. The van der Waals surface area contributed by atoms with E-state index in [0.717, 1.165) is 77.9 Å². The fraction of sp³-hybridized carbons (Fsp3) is 0.125. The van der Waals surface area contributed by atoms with Gasteiger partial charge in [-0.2, -0.15) is 0 Å². The Kier molecular flexibility index (Phi) is 8.36. The van der Waals surface area contributed by atoms with Gasteiger partial charge in [0.15, 0.2) is 0 Å². The molecule has 10 rings (SSSR count). The largest absolute Gasteiger partial charge is 2.00 e. The Morgan fingerprint density at radius 1 is 0.593 bits per heavy atom. The Hall–Kier alpha value is -5.77. The zero-order chi connectivity index (χ0) is 35.8. The molecule has 0 N–H and O–H groups in total. The van der Waals surface area contributed by atoms with Crippen molar-refractivity contribution in [2.24, 2.45) is 0 Å². The van der Waals surface area contributed by atoms with E-state index in [1.54, 1.807) is 0 Å². The number of imidazole rings is 1. The standard InChI is InChI=1S/C48H37N5.Pt/c1-29(2)38-27-40-36-18-12-19-37(46(36)50-41(40)28-39(38)30(3)4)48-51-47-33(17-13-21-43(47)52(48)32-14-6-5-7-15-32)31-23-24-35-34-16-8-9-20-42(34)53(44(35)26-31)45-22-10-11-25-49-45;/h5-25,27-30H,1-4H3;/q-2;+2. The molecule has 0 radical (unpaired) electrons. The number of nitrogens with zero attached hydrogens (tertiary/aromatic N) is 5. The van der Waals surface area contributed by atoms with E-state index in [2.05, 4.69) is 164 Å². The zero-order valence-corrected chi connectivity index (χ0v) is 32.8. The van der Waals surface area contributed by atoms with Gasteiger partial charge in [-0.15, -0.1) is 34.8 Å². The molecule has 0 aliphatic heterocycles. The van der Waals surface area contributed by atoms with Crippen molar-refractivity contribution in [2.45, 2.75) is 39.5 Å². The molecule has 0 unspecified atom stereocenters. The van der Waals surface area contributed by atoms with Crippen LogP contribution < -0.4 is 4.98 Å². The van der Waals surface area contributed by atoms with Crippen LogP contribution in [0.4, 0.5) is 0 Å². The first-order valence-corrected chi connectivity index (χ1v) is 18.4. The minimum absolute atomic E-state index is 0. The summed E-state index contributed by atoms with van der Waals surface area (Å²) >= 11 is 0. The summed E-state index contributed by atoms with van der Waals surface area (Å²) in [7, 11) is 0. The van der Waals surface area contributed by atoms with E-state index >= 15 is 0 Å². The van der Waals surface area contributed by atoms with Crippen molar-refractivity contribution in [2.75, 3.05) is 0 Å². The van der Waals surface area contributed by atoms with Crippen LogP contribution in [0.2, 0.25) is 0 Å². The van der Waals surface area contributed by atoms with Crippen molar-refractivity contribution < 1.29 is 21.1 Å². The molecule has 6 aromatic carbocycles. The van der Waals surface area contributed by atoms with Crippen molar-refractivity contribution in [1.29, 1.82) is 0 Å². The minimum atomic E-state index is 0. The molecule has 0 aliphatic carbocycles. The maximum atomic E-state index is 5.53. The Morgan fingerprint density at radius 2 is 1.30 bits per heavy atom. The molecule has 0 saturated heterocycles. The molecule has 6 heteroatoms. The summed E-state index contributed by atoms with van der Waals surface area (Å²) in [6.07, 6.45) is 1.84. The molecule has 4 aromatic heterocycles. The molecule has 0 atom stereocenters. The molecule has 5 nitrogen and oxygen atoms in total. The summed E-state index contributed by atoms with van der Waals surface area (Å²) in [6, 6.07) is 51.0. The molecule has 0 amide bonds. The van der Waals surface area contributed by atoms with Gasteiger partial charge in [0.25, 0.3) is 0 Å². The van der Waals surface area contributed by atoms with Gasteiger partial charge in [-0.1, -0.05) is 124 Å². The normalized spacial score (nSPS) is 11.9. The van der Waals surface area contributed by atoms with E-state index in [1.165, 1.54) is 21.9 Å². The number of fused-ring (bicyclic) bond motifs is 7. The molecule has 0 aliphatic rings. The molecule has 4 heterocycles. The summed E-state index contributed by atoms with van der Waals surface area (Å²) < 4.78 is 4.50. The van der Waals surface area contributed by atoms with Crippen LogP contribution in [0.3, 0.4) is 0 Å². The van der Waals surface area contributed by atoms with Crippen molar-refractivity contribution >= 4 is 54.6 Å². The van der Waals surface area contributed by atoms with Gasteiger partial charge in [0, 0.05) is 23.0 Å². The molecule has 10 aromatic rings. The van der Waals surface area contributed by atoms with E-state index in [4.69, 9.17) is 15.0 Å². The number of pyridine rings is 1. The summed E-state index contributed by atoms with van der Waals surface area (Å²) in [4.78, 5) is 15.6. The van der Waals surface area contributed by atoms with Gasteiger partial charge in [0.2, 0.25) is 0 Å². The number of aromatic nitrogens is 5. The van der Waals surface area contributed by atoms with Gasteiger partial charge in [-0.3, -0.25) is 4.57 Å². The van der Waals surface area contributed by atoms with Gasteiger partial charge < -0.3 is 9.55 Å². The van der Waals surface area contributed by atoms with Gasteiger partial charge in [0.05, 0.1) is 11.0 Å². The van der Waals surface area contributed by atoms with E-state index < -0.39 is 0 Å². The SMILES string of the molecule is CC(C)c1cc2[n-]c3c(-c4nc5c(-c6[c-]c7c(cc6)c6ccccc6n7-c6ccccn6)cccc5n4-c4ccccc4)cccc3c2cc1C(C)C.[Pt+2]. The fourth-order valence-electron chi connectivity index (χ4n) is 8.22. The third-order valence-electron chi connectivity index (χ3n) is 10.7. The summed E-state index contributed by atoms with van der Waals surface area (Å²) in [6.45, 7) is 9.11. The molecule has 0 bridgehead atoms. The summed E-state index contributed by atoms with van der Waals surface area (Å²) in [5, 5.41) is 4.67. The van der Waals surface area contributed by atoms with Crippen LogP contribution >= 0.6 is 0 Å². The third kappa shape index (κ3) is 5.25. The number of para-hydroxylation sites is 4. The van der Waals surface area contributed by atoms with Crippen LogP contribution in [0.25, 0.3) is 88.7 Å². The smallest absolute Gasteiger partial charge is 0.656 e. The third-order valence-corrected chi connectivity index (χ3v) is 10.7. The molecule has 264 valence electrons. The van der Waals surface area contributed by atoms with Crippen molar-refractivity contribution in [3.8, 4) is 34.0 Å². The monoisotopic (exact) mass is 878 g/mol. The van der Waals surface area contributed by atoms with Crippen LogP contribution in [0, 0.1) is 6.07 Å². The quantitative estimate of drug-likeness (QED) is 0.156. The van der Waals surface area contributed by atoms with E-state index in [-0.39, 0.29) is 21.1 Å². The second kappa shape index (κ2) is 13.3. The van der Waals surface area contributed by atoms with Crippen molar-refractivity contribution in [3.05, 3.63) is 157 Å². The van der Waals surface area contributed by atoms with Crippen LogP contribution in [-0.4, -0.2) is 19.1 Å². The predicted octanol–water partition coefficient (Wildman–Crippen LogP) is 12.2. The summed E-state index contributed by atoms with van der Waals surface area (Å²) in [5.74, 6) is 2.57. The Morgan fingerprint density at radius 3 is 2.09 bits per heavy atom. The number of hydrogen-bond acceptors (Lipinski definition) is 2. The first-order chi connectivity index (χ1) is 26.0. The van der Waals surface area contributed by atoms with Gasteiger partial charge in [0.1, 0.15) is 11.6 Å². The minimum Gasteiger partial charge on any atom is -0.656 e. The molecule has 0 fully saturated rings. The zero-order valence-electron chi connectivity index (χ0n) is 30.5. The predicted molar refractivity (Wildman–Crippen MR) is 219 cm³/mol. The van der Waals surface area contributed by atoms with Gasteiger partial charge >= 0.3 is 21.1 Å². The van der Waals surface area contributed by atoms with Gasteiger partial charge in [-0.25, -0.2) is 9.97 Å². The van der Waals surface area contributed by atoms with Crippen LogP contribution in [0.5, 0.6) is 0 Å². The van der Waals surface area contributed by atoms with E-state index in [0.29, 0.717) is 11.8 Å². The summed E-state index contributed by atoms with van der Waals surface area (Å²) in [5.41, 5.74) is 12.9. The number of benzene rings is 6. The maximum Gasteiger partial charge on any atom is 2.00 e. The maximum absolute atomic E-state index is 5.53. The topological polar surface area (TPSA) is 49.7 Å². The van der Waals surface area contributed by atoms with Gasteiger partial charge in [-0.05, 0) is 81.0 Å². The molecular formula is C48H37N5Pt. The number of rotatable bonds is 6. The number of hydrogen-bond donors (Lipinski definition) is 0. The fourth-order valence-corrected chi connectivity index (χ4v) is 8.22. The van der Waals surface area contributed by atoms with Crippen molar-refractivity contribution in [3.63, 3.8) is 0 Å². The Labute approximate surface area is 328 Å². The van der Waals surface area contributed by atoms with E-state index in [9.17, 15) is 0 Å². The molecular weight excluding hydrogens is 842 g/mol. The molecule has 0 saturated carbocycles. The van der Waals surface area contributed by atoms with Crippen LogP contribution in [0.1, 0.15) is 50.7 Å². The first-order valence-electron chi connectivity index (χ1n) is 18.4. The average molecular weight is 879 g/mol.